The van der Waals surface area contributed by atoms with Crippen molar-refractivity contribution < 1.29 is 13.6 Å². The van der Waals surface area contributed by atoms with Crippen LogP contribution in [-0.2, 0) is 0 Å². The highest BCUT2D eigenvalue weighted by molar-refractivity contribution is 5.90. The number of para-hydroxylation sites is 1. The first-order valence-corrected chi connectivity index (χ1v) is 4.39. The quantitative estimate of drug-likeness (QED) is 0.832. The van der Waals surface area contributed by atoms with Gasteiger partial charge < -0.3 is 5.73 Å². The molecule has 2 N–H and O–H groups in total. The lowest BCUT2D eigenvalue weighted by atomic mass is 10.3. The van der Waals surface area contributed by atoms with Gasteiger partial charge in [-0.1, -0.05) is 6.07 Å². The summed E-state index contributed by atoms with van der Waals surface area (Å²) in [6, 6.07) is 4.73. The number of rotatable bonds is 2. The molecule has 0 atom stereocenters. The Labute approximate surface area is 89.3 Å². The predicted molar refractivity (Wildman–Crippen MR) is 52.0 cm³/mol. The van der Waals surface area contributed by atoms with E-state index in [0.717, 1.165) is 16.8 Å². The van der Waals surface area contributed by atoms with Gasteiger partial charge in [0.15, 0.2) is 11.6 Å². The molecule has 0 aliphatic heterocycles. The molecule has 4 nitrogen and oxygen atoms in total. The molecule has 0 fully saturated rings. The first-order chi connectivity index (χ1) is 7.59. The molecule has 0 unspecified atom stereocenters. The maximum atomic E-state index is 13.3. The van der Waals surface area contributed by atoms with Gasteiger partial charge in [-0.05, 0) is 18.2 Å². The van der Waals surface area contributed by atoms with Crippen LogP contribution in [0.4, 0.5) is 8.78 Å². The number of nitrogens with zero attached hydrogens (tertiary/aromatic N) is 2. The van der Waals surface area contributed by atoms with Crippen LogP contribution in [-0.4, -0.2) is 15.7 Å². The van der Waals surface area contributed by atoms with E-state index in [1.54, 1.807) is 0 Å². The van der Waals surface area contributed by atoms with Crippen LogP contribution in [0.1, 0.15) is 10.5 Å². The third-order valence-corrected chi connectivity index (χ3v) is 2.01. The number of carbonyl (C=O) groups excluding carboxylic acids is 1. The Morgan fingerprint density at radius 2 is 1.88 bits per heavy atom. The summed E-state index contributed by atoms with van der Waals surface area (Å²) in [4.78, 5) is 10.8. The number of hydrogen-bond acceptors (Lipinski definition) is 2. The van der Waals surface area contributed by atoms with Gasteiger partial charge in [0, 0.05) is 6.20 Å². The number of primary amides is 1. The lowest BCUT2D eigenvalue weighted by Gasteiger charge is -2.03. The summed E-state index contributed by atoms with van der Waals surface area (Å²) in [5.74, 6) is -2.28. The molecule has 2 aromatic rings. The molecule has 0 radical (unpaired) electrons. The van der Waals surface area contributed by atoms with Gasteiger partial charge in [0.05, 0.1) is 0 Å². The SMILES string of the molecule is NC(=O)c1ccn(-c2c(F)cccc2F)n1. The van der Waals surface area contributed by atoms with E-state index in [4.69, 9.17) is 5.73 Å². The molecule has 1 aromatic carbocycles. The number of benzene rings is 1. The van der Waals surface area contributed by atoms with E-state index >= 15 is 0 Å². The van der Waals surface area contributed by atoms with Crippen molar-refractivity contribution in [3.8, 4) is 5.69 Å². The molecule has 1 amide bonds. The van der Waals surface area contributed by atoms with Crippen LogP contribution >= 0.6 is 0 Å². The second kappa shape index (κ2) is 3.73. The Balaban J connectivity index is 2.54. The Hall–Kier alpha value is -2.24. The Kier molecular flexibility index (Phi) is 2.40. The zero-order valence-electron chi connectivity index (χ0n) is 8.02. The van der Waals surface area contributed by atoms with Gasteiger partial charge in [-0.25, -0.2) is 13.5 Å². The summed E-state index contributed by atoms with van der Waals surface area (Å²) in [6.07, 6.45) is 1.27. The minimum Gasteiger partial charge on any atom is -0.364 e. The minimum absolute atomic E-state index is 0.0531. The topological polar surface area (TPSA) is 60.9 Å². The zero-order chi connectivity index (χ0) is 11.7. The first-order valence-electron chi connectivity index (χ1n) is 4.39. The molecule has 82 valence electrons. The average molecular weight is 223 g/mol. The lowest BCUT2D eigenvalue weighted by molar-refractivity contribution is 0.0995. The van der Waals surface area contributed by atoms with Crippen LogP contribution in [0.5, 0.6) is 0 Å². The summed E-state index contributed by atoms with van der Waals surface area (Å²) in [5.41, 5.74) is 4.59. The van der Waals surface area contributed by atoms with Crippen molar-refractivity contribution in [2.45, 2.75) is 0 Å². The van der Waals surface area contributed by atoms with Crippen molar-refractivity contribution in [3.63, 3.8) is 0 Å². The van der Waals surface area contributed by atoms with E-state index in [2.05, 4.69) is 5.10 Å². The summed E-state index contributed by atoms with van der Waals surface area (Å²) in [7, 11) is 0. The molecule has 0 saturated heterocycles. The number of halogens is 2. The average Bonchev–Trinajstić information content (AvgIpc) is 2.66. The minimum atomic E-state index is -0.765. The van der Waals surface area contributed by atoms with E-state index in [1.165, 1.54) is 18.3 Å². The summed E-state index contributed by atoms with van der Waals surface area (Å²) in [6.45, 7) is 0. The van der Waals surface area contributed by atoms with Gasteiger partial charge in [-0.15, -0.1) is 0 Å². The number of hydrogen-bond donors (Lipinski definition) is 1. The predicted octanol–water partition coefficient (Wildman–Crippen LogP) is 1.25. The Bertz CT molecular complexity index is 530. The summed E-state index contributed by atoms with van der Waals surface area (Å²) < 4.78 is 27.6. The second-order valence-electron chi connectivity index (χ2n) is 3.08. The molecule has 0 aliphatic carbocycles. The number of amides is 1. The third kappa shape index (κ3) is 1.65. The van der Waals surface area contributed by atoms with E-state index in [-0.39, 0.29) is 11.4 Å². The zero-order valence-corrected chi connectivity index (χ0v) is 8.02. The largest absolute Gasteiger partial charge is 0.364 e. The molecule has 0 saturated carbocycles. The van der Waals surface area contributed by atoms with E-state index in [1.807, 2.05) is 0 Å². The fourth-order valence-corrected chi connectivity index (χ4v) is 1.29. The molecule has 1 aromatic heterocycles. The van der Waals surface area contributed by atoms with Gasteiger partial charge >= 0.3 is 0 Å². The summed E-state index contributed by atoms with van der Waals surface area (Å²) in [5, 5.41) is 3.66. The molecule has 0 spiro atoms. The smallest absolute Gasteiger partial charge is 0.269 e. The van der Waals surface area contributed by atoms with Crippen LogP contribution < -0.4 is 5.73 Å². The van der Waals surface area contributed by atoms with Crippen LogP contribution in [0.15, 0.2) is 30.5 Å². The molecule has 0 aliphatic rings. The molecule has 16 heavy (non-hydrogen) atoms. The van der Waals surface area contributed by atoms with Crippen LogP contribution in [0.25, 0.3) is 5.69 Å². The lowest BCUT2D eigenvalue weighted by Crippen LogP contribution is -2.12. The van der Waals surface area contributed by atoms with Gasteiger partial charge in [0.2, 0.25) is 0 Å². The van der Waals surface area contributed by atoms with Gasteiger partial charge in [0.25, 0.3) is 5.91 Å². The second-order valence-corrected chi connectivity index (χ2v) is 3.08. The first kappa shape index (κ1) is 10.3. The third-order valence-electron chi connectivity index (χ3n) is 2.01. The van der Waals surface area contributed by atoms with Crippen molar-refractivity contribution in [3.05, 3.63) is 47.8 Å². The Morgan fingerprint density at radius 3 is 2.38 bits per heavy atom. The molecular formula is C10H7F2N3O. The van der Waals surface area contributed by atoms with Crippen LogP contribution in [0.2, 0.25) is 0 Å². The molecule has 6 heteroatoms. The molecular weight excluding hydrogens is 216 g/mol. The van der Waals surface area contributed by atoms with Crippen molar-refractivity contribution in [1.29, 1.82) is 0 Å². The number of aromatic nitrogens is 2. The summed E-state index contributed by atoms with van der Waals surface area (Å²) >= 11 is 0. The fourth-order valence-electron chi connectivity index (χ4n) is 1.29. The highest BCUT2D eigenvalue weighted by atomic mass is 19.1. The fraction of sp³-hybridized carbons (Fsp3) is 0. The monoisotopic (exact) mass is 223 g/mol. The van der Waals surface area contributed by atoms with Crippen molar-refractivity contribution in [1.82, 2.24) is 9.78 Å². The van der Waals surface area contributed by atoms with E-state index in [9.17, 15) is 13.6 Å². The van der Waals surface area contributed by atoms with Crippen molar-refractivity contribution >= 4 is 5.91 Å². The highest BCUT2D eigenvalue weighted by Gasteiger charge is 2.13. The normalized spacial score (nSPS) is 10.4. The van der Waals surface area contributed by atoms with Gasteiger partial charge in [0.1, 0.15) is 11.4 Å². The van der Waals surface area contributed by atoms with Crippen LogP contribution in [0, 0.1) is 11.6 Å². The van der Waals surface area contributed by atoms with E-state index < -0.39 is 17.5 Å². The maximum absolute atomic E-state index is 13.3. The van der Waals surface area contributed by atoms with Crippen molar-refractivity contribution in [2.24, 2.45) is 5.73 Å². The molecule has 1 heterocycles. The molecule has 0 bridgehead atoms. The number of nitrogens with two attached hydrogens (primary N) is 1. The standard InChI is InChI=1S/C10H7F2N3O/c11-6-2-1-3-7(12)9(6)15-5-4-8(14-15)10(13)16/h1-5H,(H2,13,16). The van der Waals surface area contributed by atoms with Gasteiger partial charge in [-0.2, -0.15) is 5.10 Å². The van der Waals surface area contributed by atoms with Crippen molar-refractivity contribution in [2.75, 3.05) is 0 Å². The maximum Gasteiger partial charge on any atom is 0.269 e. The Morgan fingerprint density at radius 1 is 1.25 bits per heavy atom. The molecule has 2 rings (SSSR count). The van der Waals surface area contributed by atoms with Gasteiger partial charge in [-0.3, -0.25) is 4.79 Å². The number of carbonyl (C=O) groups is 1. The van der Waals surface area contributed by atoms with Crippen LogP contribution in [0.3, 0.4) is 0 Å². The van der Waals surface area contributed by atoms with E-state index in [0.29, 0.717) is 0 Å². The highest BCUT2D eigenvalue weighted by Crippen LogP contribution is 2.16.